The second-order valence-corrected chi connectivity index (χ2v) is 4.90. The lowest BCUT2D eigenvalue weighted by Crippen LogP contribution is -2.37. The highest BCUT2D eigenvalue weighted by Gasteiger charge is 2.50. The van der Waals surface area contributed by atoms with Crippen LogP contribution in [0.1, 0.15) is 35.4 Å². The highest BCUT2D eigenvalue weighted by molar-refractivity contribution is 5.47. The SMILES string of the molecule is NC1(C2Cc3ccc(C(F)(F)F)cc32)CC1. The molecule has 0 bridgehead atoms. The number of nitrogens with two attached hydrogens (primary N) is 1. The molecule has 1 aromatic carbocycles. The summed E-state index contributed by atoms with van der Waals surface area (Å²) < 4.78 is 37.6. The molecule has 16 heavy (non-hydrogen) atoms. The zero-order valence-electron chi connectivity index (χ0n) is 8.64. The van der Waals surface area contributed by atoms with E-state index in [0.717, 1.165) is 36.5 Å². The van der Waals surface area contributed by atoms with Crippen molar-refractivity contribution in [2.45, 2.75) is 36.9 Å². The number of halogens is 3. The van der Waals surface area contributed by atoms with Crippen LogP contribution in [0.3, 0.4) is 0 Å². The molecular weight excluding hydrogens is 215 g/mol. The first-order valence-electron chi connectivity index (χ1n) is 5.39. The predicted molar refractivity (Wildman–Crippen MR) is 54.0 cm³/mol. The molecule has 0 amide bonds. The van der Waals surface area contributed by atoms with Gasteiger partial charge in [0.15, 0.2) is 0 Å². The van der Waals surface area contributed by atoms with E-state index in [4.69, 9.17) is 5.73 Å². The molecule has 1 saturated carbocycles. The zero-order valence-corrected chi connectivity index (χ0v) is 8.64. The molecular formula is C12H12F3N. The van der Waals surface area contributed by atoms with E-state index in [2.05, 4.69) is 0 Å². The van der Waals surface area contributed by atoms with Gasteiger partial charge >= 0.3 is 6.18 Å². The number of alkyl halides is 3. The van der Waals surface area contributed by atoms with Crippen LogP contribution in [-0.2, 0) is 12.6 Å². The van der Waals surface area contributed by atoms with E-state index in [1.807, 2.05) is 0 Å². The summed E-state index contributed by atoms with van der Waals surface area (Å²) in [4.78, 5) is 0. The van der Waals surface area contributed by atoms with Crippen molar-refractivity contribution >= 4 is 0 Å². The third kappa shape index (κ3) is 1.36. The molecule has 4 heteroatoms. The van der Waals surface area contributed by atoms with Crippen LogP contribution in [0.5, 0.6) is 0 Å². The summed E-state index contributed by atoms with van der Waals surface area (Å²) in [5.41, 5.74) is 7.12. The lowest BCUT2D eigenvalue weighted by Gasteiger charge is -2.35. The Morgan fingerprint density at radius 2 is 1.94 bits per heavy atom. The van der Waals surface area contributed by atoms with Crippen molar-refractivity contribution in [3.05, 3.63) is 34.9 Å². The molecule has 2 aliphatic rings. The van der Waals surface area contributed by atoms with Gasteiger partial charge in [0.1, 0.15) is 0 Å². The molecule has 0 radical (unpaired) electrons. The normalized spacial score (nSPS) is 25.9. The number of hydrogen-bond donors (Lipinski definition) is 1. The summed E-state index contributed by atoms with van der Waals surface area (Å²) in [6.07, 6.45) is -1.54. The Kier molecular flexibility index (Phi) is 1.78. The van der Waals surface area contributed by atoms with Gasteiger partial charge in [0.05, 0.1) is 5.56 Å². The summed E-state index contributed by atoms with van der Waals surface area (Å²) in [7, 11) is 0. The summed E-state index contributed by atoms with van der Waals surface area (Å²) >= 11 is 0. The number of benzene rings is 1. The van der Waals surface area contributed by atoms with E-state index < -0.39 is 11.7 Å². The zero-order chi connectivity index (χ0) is 11.6. The van der Waals surface area contributed by atoms with Gasteiger partial charge in [0, 0.05) is 11.5 Å². The average molecular weight is 227 g/mol. The van der Waals surface area contributed by atoms with Crippen molar-refractivity contribution in [1.29, 1.82) is 0 Å². The maximum absolute atomic E-state index is 12.5. The van der Waals surface area contributed by atoms with Gasteiger partial charge in [-0.05, 0) is 42.5 Å². The Hall–Kier alpha value is -1.03. The van der Waals surface area contributed by atoms with Crippen LogP contribution < -0.4 is 5.73 Å². The van der Waals surface area contributed by atoms with Crippen LogP contribution in [0.15, 0.2) is 18.2 Å². The standard InChI is InChI=1S/C12H12F3N/c13-12(14,15)8-2-1-7-5-10(9(7)6-8)11(16)3-4-11/h1-2,6,10H,3-5,16H2. The molecule has 1 atom stereocenters. The first kappa shape index (κ1) is 10.1. The van der Waals surface area contributed by atoms with Gasteiger partial charge in [-0.2, -0.15) is 13.2 Å². The quantitative estimate of drug-likeness (QED) is 0.784. The fraction of sp³-hybridized carbons (Fsp3) is 0.500. The van der Waals surface area contributed by atoms with Crippen molar-refractivity contribution in [3.8, 4) is 0 Å². The summed E-state index contributed by atoms with van der Waals surface area (Å²) in [6.45, 7) is 0. The third-order valence-corrected chi connectivity index (χ3v) is 3.79. The Morgan fingerprint density at radius 3 is 2.50 bits per heavy atom. The van der Waals surface area contributed by atoms with Crippen LogP contribution in [0.25, 0.3) is 0 Å². The van der Waals surface area contributed by atoms with Gasteiger partial charge in [-0.3, -0.25) is 0 Å². The van der Waals surface area contributed by atoms with Gasteiger partial charge in [0.25, 0.3) is 0 Å². The predicted octanol–water partition coefficient (Wildman–Crippen LogP) is 2.84. The third-order valence-electron chi connectivity index (χ3n) is 3.79. The first-order chi connectivity index (χ1) is 7.40. The molecule has 1 unspecified atom stereocenters. The molecule has 0 heterocycles. The van der Waals surface area contributed by atoms with Crippen molar-refractivity contribution in [2.24, 2.45) is 5.73 Å². The summed E-state index contributed by atoms with van der Waals surface area (Å²) in [5.74, 6) is 0.143. The van der Waals surface area contributed by atoms with Crippen molar-refractivity contribution in [3.63, 3.8) is 0 Å². The minimum absolute atomic E-state index is 0.143. The van der Waals surface area contributed by atoms with E-state index in [0.29, 0.717) is 0 Å². The van der Waals surface area contributed by atoms with Crippen LogP contribution >= 0.6 is 0 Å². The number of hydrogen-bond acceptors (Lipinski definition) is 1. The minimum Gasteiger partial charge on any atom is -0.325 e. The Bertz CT molecular complexity index is 446. The molecule has 2 N–H and O–H groups in total. The molecule has 1 fully saturated rings. The Balaban J connectivity index is 1.96. The lowest BCUT2D eigenvalue weighted by atomic mass is 9.71. The topological polar surface area (TPSA) is 26.0 Å². The smallest absolute Gasteiger partial charge is 0.325 e. The van der Waals surface area contributed by atoms with Gasteiger partial charge in [-0.15, -0.1) is 0 Å². The minimum atomic E-state index is -4.25. The second-order valence-electron chi connectivity index (χ2n) is 4.90. The van der Waals surface area contributed by atoms with E-state index in [1.54, 1.807) is 6.07 Å². The van der Waals surface area contributed by atoms with Gasteiger partial charge in [0.2, 0.25) is 0 Å². The second kappa shape index (κ2) is 2.80. The van der Waals surface area contributed by atoms with Crippen LogP contribution in [-0.4, -0.2) is 5.54 Å². The summed E-state index contributed by atoms with van der Waals surface area (Å²) in [6, 6.07) is 4.02. The van der Waals surface area contributed by atoms with Gasteiger partial charge < -0.3 is 5.73 Å². The molecule has 1 aromatic rings. The van der Waals surface area contributed by atoms with E-state index in [9.17, 15) is 13.2 Å². The number of rotatable bonds is 1. The van der Waals surface area contributed by atoms with Crippen LogP contribution in [0.2, 0.25) is 0 Å². The summed E-state index contributed by atoms with van der Waals surface area (Å²) in [5, 5.41) is 0. The lowest BCUT2D eigenvalue weighted by molar-refractivity contribution is -0.137. The van der Waals surface area contributed by atoms with Gasteiger partial charge in [-0.1, -0.05) is 6.07 Å². The van der Waals surface area contributed by atoms with Gasteiger partial charge in [-0.25, -0.2) is 0 Å². The highest BCUT2D eigenvalue weighted by atomic mass is 19.4. The van der Waals surface area contributed by atoms with Crippen LogP contribution in [0.4, 0.5) is 13.2 Å². The fourth-order valence-corrected chi connectivity index (χ4v) is 2.49. The maximum Gasteiger partial charge on any atom is 0.416 e. The monoisotopic (exact) mass is 227 g/mol. The molecule has 0 aromatic heterocycles. The molecule has 2 aliphatic carbocycles. The average Bonchev–Trinajstić information content (AvgIpc) is 2.84. The largest absolute Gasteiger partial charge is 0.416 e. The van der Waals surface area contributed by atoms with Crippen LogP contribution in [0, 0.1) is 0 Å². The molecule has 3 rings (SSSR count). The van der Waals surface area contributed by atoms with E-state index in [-0.39, 0.29) is 11.5 Å². The first-order valence-corrected chi connectivity index (χ1v) is 5.39. The Morgan fingerprint density at radius 1 is 1.25 bits per heavy atom. The highest BCUT2D eigenvalue weighted by Crippen LogP contribution is 2.53. The van der Waals surface area contributed by atoms with Crippen molar-refractivity contribution < 1.29 is 13.2 Å². The van der Waals surface area contributed by atoms with Crippen molar-refractivity contribution in [1.82, 2.24) is 0 Å². The number of fused-ring (bicyclic) bond motifs is 1. The fourth-order valence-electron chi connectivity index (χ4n) is 2.49. The molecule has 0 spiro atoms. The maximum atomic E-state index is 12.5. The molecule has 86 valence electrons. The van der Waals surface area contributed by atoms with Crippen molar-refractivity contribution in [2.75, 3.05) is 0 Å². The van der Waals surface area contributed by atoms with E-state index in [1.165, 1.54) is 6.07 Å². The molecule has 1 nitrogen and oxygen atoms in total. The Labute approximate surface area is 91.4 Å². The molecule has 0 saturated heterocycles. The van der Waals surface area contributed by atoms with E-state index >= 15 is 0 Å². The molecule has 0 aliphatic heterocycles.